The molecule has 142 valence electrons. The van der Waals surface area contributed by atoms with Crippen LogP contribution in [-0.2, 0) is 24.2 Å². The Morgan fingerprint density at radius 1 is 1.19 bits per heavy atom. The van der Waals surface area contributed by atoms with Gasteiger partial charge in [-0.2, -0.15) is 0 Å². The maximum absolute atomic E-state index is 12.7. The van der Waals surface area contributed by atoms with Gasteiger partial charge in [0.25, 0.3) is 0 Å². The first-order valence-electron chi connectivity index (χ1n) is 9.57. The molecule has 27 heavy (non-hydrogen) atoms. The number of benzene rings is 2. The quantitative estimate of drug-likeness (QED) is 0.881. The van der Waals surface area contributed by atoms with Crippen molar-refractivity contribution in [1.82, 2.24) is 5.32 Å². The predicted octanol–water partition coefficient (Wildman–Crippen LogP) is 3.28. The summed E-state index contributed by atoms with van der Waals surface area (Å²) in [5, 5.41) is 3.05. The molecule has 0 aliphatic carbocycles. The van der Waals surface area contributed by atoms with E-state index in [-0.39, 0.29) is 17.9 Å². The fourth-order valence-electron chi connectivity index (χ4n) is 3.73. The Morgan fingerprint density at radius 2 is 2.04 bits per heavy atom. The van der Waals surface area contributed by atoms with Gasteiger partial charge in [-0.25, -0.2) is 0 Å². The molecule has 4 rings (SSSR count). The van der Waals surface area contributed by atoms with Gasteiger partial charge in [0.05, 0.1) is 12.5 Å². The summed E-state index contributed by atoms with van der Waals surface area (Å²) in [7, 11) is 0. The largest absolute Gasteiger partial charge is 0.494 e. The van der Waals surface area contributed by atoms with Crippen LogP contribution in [-0.4, -0.2) is 25.2 Å². The Morgan fingerprint density at radius 3 is 2.89 bits per heavy atom. The number of rotatable bonds is 5. The molecule has 2 heterocycles. The monoisotopic (exact) mass is 367 g/mol. The predicted molar refractivity (Wildman–Crippen MR) is 102 cm³/mol. The highest BCUT2D eigenvalue weighted by atomic mass is 16.5. The van der Waals surface area contributed by atoms with Crippen LogP contribution in [0.2, 0.25) is 0 Å². The molecule has 1 amide bonds. The number of hydrogen-bond donors (Lipinski definition) is 1. The van der Waals surface area contributed by atoms with Gasteiger partial charge in [-0.05, 0) is 44.0 Å². The zero-order chi connectivity index (χ0) is 18.8. The van der Waals surface area contributed by atoms with Gasteiger partial charge in [0, 0.05) is 24.1 Å². The zero-order valence-corrected chi connectivity index (χ0v) is 15.8. The molecule has 0 spiro atoms. The van der Waals surface area contributed by atoms with Crippen molar-refractivity contribution < 1.29 is 19.0 Å². The lowest BCUT2D eigenvalue weighted by molar-refractivity contribution is -0.126. The van der Waals surface area contributed by atoms with Crippen LogP contribution < -0.4 is 19.5 Å². The summed E-state index contributed by atoms with van der Waals surface area (Å²) >= 11 is 0. The standard InChI is InChI=1S/C22H25NO4/c1-3-25-20-10-16-8-14(2)27-21(16)11-17(20)12-23-22(24)18-9-15-6-4-5-7-19(15)26-13-18/h4-7,10-11,14,18H,3,8-9,12-13H2,1-2H3,(H,23,24). The molecule has 2 aromatic carbocycles. The van der Waals surface area contributed by atoms with Gasteiger partial charge in [0.1, 0.15) is 30.0 Å². The van der Waals surface area contributed by atoms with Crippen LogP contribution >= 0.6 is 0 Å². The number of carbonyl (C=O) groups is 1. The molecule has 0 saturated heterocycles. The van der Waals surface area contributed by atoms with Crippen molar-refractivity contribution in [3.63, 3.8) is 0 Å². The number of fused-ring (bicyclic) bond motifs is 2. The van der Waals surface area contributed by atoms with E-state index in [4.69, 9.17) is 14.2 Å². The van der Waals surface area contributed by atoms with Crippen molar-refractivity contribution in [2.75, 3.05) is 13.2 Å². The molecule has 2 aliphatic rings. The molecule has 1 N–H and O–H groups in total. The second-order valence-electron chi connectivity index (χ2n) is 7.17. The van der Waals surface area contributed by atoms with E-state index in [1.807, 2.05) is 43.3 Å². The lowest BCUT2D eigenvalue weighted by atomic mass is 9.96. The minimum Gasteiger partial charge on any atom is -0.494 e. The minimum atomic E-state index is -0.179. The van der Waals surface area contributed by atoms with Gasteiger partial charge < -0.3 is 19.5 Å². The summed E-state index contributed by atoms with van der Waals surface area (Å²) < 4.78 is 17.4. The first kappa shape index (κ1) is 17.7. The van der Waals surface area contributed by atoms with Crippen molar-refractivity contribution in [2.45, 2.75) is 39.3 Å². The van der Waals surface area contributed by atoms with E-state index in [2.05, 4.69) is 12.2 Å². The highest BCUT2D eigenvalue weighted by molar-refractivity contribution is 5.79. The molecule has 0 radical (unpaired) electrons. The summed E-state index contributed by atoms with van der Waals surface area (Å²) in [4.78, 5) is 12.7. The number of amides is 1. The average molecular weight is 367 g/mol. The molecule has 0 fully saturated rings. The molecule has 2 atom stereocenters. The van der Waals surface area contributed by atoms with Crippen LogP contribution in [0.25, 0.3) is 0 Å². The smallest absolute Gasteiger partial charge is 0.227 e. The van der Waals surface area contributed by atoms with Crippen molar-refractivity contribution in [2.24, 2.45) is 5.92 Å². The number of para-hydroxylation sites is 1. The van der Waals surface area contributed by atoms with Crippen LogP contribution in [0.5, 0.6) is 17.2 Å². The topological polar surface area (TPSA) is 56.8 Å². The number of ether oxygens (including phenoxy) is 3. The first-order valence-corrected chi connectivity index (χ1v) is 9.57. The lowest BCUT2D eigenvalue weighted by Gasteiger charge is -2.24. The highest BCUT2D eigenvalue weighted by Gasteiger charge is 2.26. The Labute approximate surface area is 159 Å². The van der Waals surface area contributed by atoms with Gasteiger partial charge in [-0.3, -0.25) is 4.79 Å². The SMILES string of the molecule is CCOc1cc2c(cc1CNC(=O)C1COc3ccccc3C1)OC(C)C2. The minimum absolute atomic E-state index is 0.00161. The molecular formula is C22H25NO4. The number of hydrogen-bond acceptors (Lipinski definition) is 4. The Balaban J connectivity index is 1.44. The van der Waals surface area contributed by atoms with Gasteiger partial charge in [0.15, 0.2) is 0 Å². The van der Waals surface area contributed by atoms with E-state index in [0.29, 0.717) is 26.2 Å². The summed E-state index contributed by atoms with van der Waals surface area (Å²) in [6, 6.07) is 11.9. The molecule has 5 heteroatoms. The van der Waals surface area contributed by atoms with Crippen LogP contribution in [0, 0.1) is 5.92 Å². The van der Waals surface area contributed by atoms with Crippen molar-refractivity contribution in [1.29, 1.82) is 0 Å². The molecule has 0 bridgehead atoms. The molecule has 5 nitrogen and oxygen atoms in total. The third-order valence-electron chi connectivity index (χ3n) is 5.08. The van der Waals surface area contributed by atoms with Crippen LogP contribution in [0.3, 0.4) is 0 Å². The second kappa shape index (κ2) is 7.51. The maximum Gasteiger partial charge on any atom is 0.227 e. The summed E-state index contributed by atoms with van der Waals surface area (Å²) in [6.07, 6.45) is 1.77. The van der Waals surface area contributed by atoms with Gasteiger partial charge in [-0.1, -0.05) is 18.2 Å². The number of nitrogens with one attached hydrogen (secondary N) is 1. The van der Waals surface area contributed by atoms with E-state index in [9.17, 15) is 4.79 Å². The zero-order valence-electron chi connectivity index (χ0n) is 15.8. The van der Waals surface area contributed by atoms with E-state index < -0.39 is 0 Å². The highest BCUT2D eigenvalue weighted by Crippen LogP contribution is 2.35. The lowest BCUT2D eigenvalue weighted by Crippen LogP contribution is -2.37. The van der Waals surface area contributed by atoms with Crippen molar-refractivity contribution in [3.8, 4) is 17.2 Å². The fraction of sp³-hybridized carbons (Fsp3) is 0.409. The third kappa shape index (κ3) is 3.72. The first-order chi connectivity index (χ1) is 13.1. The number of carbonyl (C=O) groups excluding carboxylic acids is 1. The van der Waals surface area contributed by atoms with Gasteiger partial charge >= 0.3 is 0 Å². The van der Waals surface area contributed by atoms with Gasteiger partial charge in [0.2, 0.25) is 5.91 Å². The Hall–Kier alpha value is -2.69. The van der Waals surface area contributed by atoms with E-state index in [1.165, 1.54) is 5.56 Å². The van der Waals surface area contributed by atoms with Crippen LogP contribution in [0.15, 0.2) is 36.4 Å². The molecule has 2 unspecified atom stereocenters. The van der Waals surface area contributed by atoms with Crippen molar-refractivity contribution >= 4 is 5.91 Å². The summed E-state index contributed by atoms with van der Waals surface area (Å²) in [6.45, 7) is 5.43. The molecule has 0 saturated carbocycles. The van der Waals surface area contributed by atoms with Crippen LogP contribution in [0.1, 0.15) is 30.5 Å². The Bertz CT molecular complexity index is 848. The normalized spacial score (nSPS) is 20.1. The molecule has 2 aliphatic heterocycles. The average Bonchev–Trinajstić information content (AvgIpc) is 3.04. The maximum atomic E-state index is 12.7. The fourth-order valence-corrected chi connectivity index (χ4v) is 3.73. The third-order valence-corrected chi connectivity index (χ3v) is 5.08. The van der Waals surface area contributed by atoms with E-state index in [1.54, 1.807) is 0 Å². The van der Waals surface area contributed by atoms with Gasteiger partial charge in [-0.15, -0.1) is 0 Å². The van der Waals surface area contributed by atoms with E-state index in [0.717, 1.165) is 34.8 Å². The van der Waals surface area contributed by atoms with E-state index >= 15 is 0 Å². The van der Waals surface area contributed by atoms with Crippen molar-refractivity contribution in [3.05, 3.63) is 53.1 Å². The summed E-state index contributed by atoms with van der Waals surface area (Å²) in [5.41, 5.74) is 3.19. The summed E-state index contributed by atoms with van der Waals surface area (Å²) in [5.74, 6) is 2.41. The Kier molecular flexibility index (Phi) is 4.92. The molecule has 2 aromatic rings. The molecular weight excluding hydrogens is 342 g/mol. The second-order valence-corrected chi connectivity index (χ2v) is 7.17. The van der Waals surface area contributed by atoms with Crippen LogP contribution in [0.4, 0.5) is 0 Å². The molecule has 0 aromatic heterocycles.